The zero-order valence-corrected chi connectivity index (χ0v) is 20.5. The van der Waals surface area contributed by atoms with Gasteiger partial charge in [-0.1, -0.05) is 53.6 Å². The van der Waals surface area contributed by atoms with Crippen LogP contribution in [0.2, 0.25) is 5.02 Å². The molecule has 0 radical (unpaired) electrons. The summed E-state index contributed by atoms with van der Waals surface area (Å²) in [5.74, 6) is 0.605. The third-order valence-electron chi connectivity index (χ3n) is 6.61. The minimum atomic E-state index is -0.172. The summed E-state index contributed by atoms with van der Waals surface area (Å²) in [4.78, 5) is 31.8. The molecule has 8 heteroatoms. The summed E-state index contributed by atoms with van der Waals surface area (Å²) in [5, 5.41) is 9.24. The minimum Gasteiger partial charge on any atom is -0.352 e. The van der Waals surface area contributed by atoms with Crippen molar-refractivity contribution in [3.8, 4) is 11.3 Å². The van der Waals surface area contributed by atoms with Gasteiger partial charge in [0.25, 0.3) is 5.91 Å². The van der Waals surface area contributed by atoms with Gasteiger partial charge in [0.1, 0.15) is 6.54 Å². The molecule has 0 N–H and O–H groups in total. The number of nitrogens with zero attached hydrogens (tertiary/aromatic N) is 5. The van der Waals surface area contributed by atoms with Crippen molar-refractivity contribution in [2.45, 2.75) is 25.8 Å². The van der Waals surface area contributed by atoms with E-state index >= 15 is 0 Å². The summed E-state index contributed by atoms with van der Waals surface area (Å²) in [5.41, 5.74) is 3.54. The Hall–Kier alpha value is -3.45. The van der Waals surface area contributed by atoms with Crippen molar-refractivity contribution in [2.24, 2.45) is 0 Å². The third kappa shape index (κ3) is 5.30. The van der Waals surface area contributed by atoms with E-state index in [4.69, 9.17) is 11.6 Å². The Morgan fingerprint density at radius 2 is 1.66 bits per heavy atom. The summed E-state index contributed by atoms with van der Waals surface area (Å²) in [6.07, 6.45) is 1.85. The molecule has 1 aliphatic carbocycles. The maximum atomic E-state index is 13.1. The second kappa shape index (κ2) is 10.0. The summed E-state index contributed by atoms with van der Waals surface area (Å²) in [7, 11) is 0. The molecule has 0 unspecified atom stereocenters. The molecule has 3 aromatic rings. The molecule has 1 saturated carbocycles. The van der Waals surface area contributed by atoms with Crippen molar-refractivity contribution in [3.63, 3.8) is 0 Å². The van der Waals surface area contributed by atoms with Gasteiger partial charge in [-0.25, -0.2) is 0 Å². The van der Waals surface area contributed by atoms with Gasteiger partial charge in [-0.05, 0) is 44.0 Å². The van der Waals surface area contributed by atoms with Gasteiger partial charge in [-0.15, -0.1) is 10.2 Å². The molecule has 2 aromatic carbocycles. The van der Waals surface area contributed by atoms with Crippen molar-refractivity contribution < 1.29 is 9.59 Å². The predicted octanol–water partition coefficient (Wildman–Crippen LogP) is 4.06. The molecule has 1 saturated heterocycles. The van der Waals surface area contributed by atoms with E-state index in [9.17, 15) is 9.59 Å². The molecule has 5 rings (SSSR count). The molecule has 180 valence electrons. The van der Waals surface area contributed by atoms with Gasteiger partial charge in [0, 0.05) is 37.8 Å². The van der Waals surface area contributed by atoms with Crippen molar-refractivity contribution in [2.75, 3.05) is 37.6 Å². The summed E-state index contributed by atoms with van der Waals surface area (Å²) >= 11 is 6.24. The van der Waals surface area contributed by atoms with E-state index in [0.29, 0.717) is 36.8 Å². The van der Waals surface area contributed by atoms with E-state index in [2.05, 4.69) is 34.2 Å². The number of anilines is 1. The molecule has 35 heavy (non-hydrogen) atoms. The van der Waals surface area contributed by atoms with Crippen LogP contribution in [-0.4, -0.2) is 70.6 Å². The number of benzene rings is 2. The maximum absolute atomic E-state index is 13.1. The monoisotopic (exact) mass is 489 g/mol. The van der Waals surface area contributed by atoms with Crippen molar-refractivity contribution in [1.29, 1.82) is 0 Å². The van der Waals surface area contributed by atoms with E-state index in [-0.39, 0.29) is 24.4 Å². The fraction of sp³-hybridized carbons (Fsp3) is 0.333. The van der Waals surface area contributed by atoms with Crippen LogP contribution in [0.3, 0.4) is 0 Å². The Bertz CT molecular complexity index is 1200. The number of hydrogen-bond donors (Lipinski definition) is 0. The normalized spacial score (nSPS) is 15.7. The van der Waals surface area contributed by atoms with E-state index in [1.54, 1.807) is 29.2 Å². The van der Waals surface area contributed by atoms with Crippen LogP contribution in [0.15, 0.2) is 60.7 Å². The van der Waals surface area contributed by atoms with Gasteiger partial charge < -0.3 is 14.7 Å². The SMILES string of the molecule is Cc1ccc(-c2ccc(N3CCN(C(=O)CN(C(=O)c4ccccc4Cl)C4CC4)CC3)nn2)cc1. The first-order valence-corrected chi connectivity index (χ1v) is 12.4. The zero-order chi connectivity index (χ0) is 24.4. The quantitative estimate of drug-likeness (QED) is 0.522. The van der Waals surface area contributed by atoms with Crippen LogP contribution in [-0.2, 0) is 4.79 Å². The maximum Gasteiger partial charge on any atom is 0.256 e. The highest BCUT2D eigenvalue weighted by Crippen LogP contribution is 2.30. The standard InChI is InChI=1S/C27H28ClN5O2/c1-19-6-8-20(9-7-19)24-12-13-25(30-29-24)31-14-16-32(17-15-31)26(34)18-33(21-10-11-21)27(35)22-4-2-3-5-23(22)28/h2-9,12-13,21H,10-11,14-18H2,1H3. The molecule has 1 aromatic heterocycles. The van der Waals surface area contributed by atoms with Crippen LogP contribution >= 0.6 is 11.6 Å². The fourth-order valence-corrected chi connectivity index (χ4v) is 4.56. The average molecular weight is 490 g/mol. The second-order valence-electron chi connectivity index (χ2n) is 9.15. The molecule has 2 aliphatic rings. The number of hydrogen-bond acceptors (Lipinski definition) is 5. The largest absolute Gasteiger partial charge is 0.352 e. The molecule has 1 aliphatic heterocycles. The molecule has 2 amide bonds. The Labute approximate surface area is 210 Å². The van der Waals surface area contributed by atoms with Crippen molar-refractivity contribution >= 4 is 29.2 Å². The highest BCUT2D eigenvalue weighted by atomic mass is 35.5. The number of aromatic nitrogens is 2. The molecule has 2 fully saturated rings. The number of rotatable bonds is 6. The first-order valence-electron chi connectivity index (χ1n) is 12.0. The molecule has 0 atom stereocenters. The van der Waals surface area contributed by atoms with E-state index in [0.717, 1.165) is 29.9 Å². The molecule has 7 nitrogen and oxygen atoms in total. The first-order chi connectivity index (χ1) is 17.0. The highest BCUT2D eigenvalue weighted by molar-refractivity contribution is 6.33. The molecule has 0 bridgehead atoms. The van der Waals surface area contributed by atoms with Crippen LogP contribution in [0, 0.1) is 6.92 Å². The summed E-state index contributed by atoms with van der Waals surface area (Å²) in [6, 6.07) is 19.3. The number of carbonyl (C=O) groups is 2. The summed E-state index contributed by atoms with van der Waals surface area (Å²) < 4.78 is 0. The van der Waals surface area contributed by atoms with Crippen LogP contribution < -0.4 is 4.90 Å². The van der Waals surface area contributed by atoms with Gasteiger partial charge in [-0.2, -0.15) is 0 Å². The number of halogens is 1. The van der Waals surface area contributed by atoms with E-state index < -0.39 is 0 Å². The van der Waals surface area contributed by atoms with Gasteiger partial charge in [-0.3, -0.25) is 9.59 Å². The van der Waals surface area contributed by atoms with E-state index in [1.165, 1.54) is 5.56 Å². The van der Waals surface area contributed by atoms with Gasteiger partial charge in [0.15, 0.2) is 5.82 Å². The van der Waals surface area contributed by atoms with Gasteiger partial charge in [0.2, 0.25) is 5.91 Å². The number of carbonyl (C=O) groups excluding carboxylic acids is 2. The number of amides is 2. The molecule has 0 spiro atoms. The smallest absolute Gasteiger partial charge is 0.256 e. The zero-order valence-electron chi connectivity index (χ0n) is 19.7. The first kappa shape index (κ1) is 23.3. The molecular formula is C27H28ClN5O2. The number of piperazine rings is 1. The van der Waals surface area contributed by atoms with Crippen LogP contribution in [0.5, 0.6) is 0 Å². The van der Waals surface area contributed by atoms with E-state index in [1.807, 2.05) is 29.2 Å². The van der Waals surface area contributed by atoms with Crippen molar-refractivity contribution in [1.82, 2.24) is 20.0 Å². The van der Waals surface area contributed by atoms with Crippen LogP contribution in [0.1, 0.15) is 28.8 Å². The van der Waals surface area contributed by atoms with Crippen LogP contribution in [0.4, 0.5) is 5.82 Å². The lowest BCUT2D eigenvalue weighted by atomic mass is 10.1. The minimum absolute atomic E-state index is 0.0299. The third-order valence-corrected chi connectivity index (χ3v) is 6.94. The predicted molar refractivity (Wildman–Crippen MR) is 137 cm³/mol. The molecule has 2 heterocycles. The topological polar surface area (TPSA) is 69.6 Å². The van der Waals surface area contributed by atoms with Gasteiger partial charge in [0.05, 0.1) is 16.3 Å². The van der Waals surface area contributed by atoms with Gasteiger partial charge >= 0.3 is 0 Å². The Balaban J connectivity index is 1.18. The lowest BCUT2D eigenvalue weighted by molar-refractivity contribution is -0.132. The second-order valence-corrected chi connectivity index (χ2v) is 9.56. The fourth-order valence-electron chi connectivity index (χ4n) is 4.35. The van der Waals surface area contributed by atoms with Crippen molar-refractivity contribution in [3.05, 3.63) is 76.8 Å². The summed E-state index contributed by atoms with van der Waals surface area (Å²) in [6.45, 7) is 4.65. The number of aryl methyl sites for hydroxylation is 1. The Morgan fingerprint density at radius 3 is 2.29 bits per heavy atom. The average Bonchev–Trinajstić information content (AvgIpc) is 3.73. The van der Waals surface area contributed by atoms with Crippen LogP contribution in [0.25, 0.3) is 11.3 Å². The Morgan fingerprint density at radius 1 is 0.943 bits per heavy atom. The lowest BCUT2D eigenvalue weighted by Gasteiger charge is -2.36. The lowest BCUT2D eigenvalue weighted by Crippen LogP contribution is -2.52. The highest BCUT2D eigenvalue weighted by Gasteiger charge is 2.36. The molecular weight excluding hydrogens is 462 g/mol. The Kier molecular flexibility index (Phi) is 6.68.